The van der Waals surface area contributed by atoms with Gasteiger partial charge in [0.25, 0.3) is 0 Å². The van der Waals surface area contributed by atoms with E-state index in [0.717, 1.165) is 25.1 Å². The van der Waals surface area contributed by atoms with Gasteiger partial charge in [0.15, 0.2) is 0 Å². The van der Waals surface area contributed by atoms with E-state index in [9.17, 15) is 9.18 Å². The molecule has 22 heavy (non-hydrogen) atoms. The van der Waals surface area contributed by atoms with Crippen LogP contribution in [0.1, 0.15) is 25.8 Å². The molecule has 122 valence electrons. The van der Waals surface area contributed by atoms with Crippen molar-refractivity contribution >= 4 is 5.91 Å². The van der Waals surface area contributed by atoms with Gasteiger partial charge in [-0.2, -0.15) is 0 Å². The normalized spacial score (nSPS) is 21.6. The number of rotatable bonds is 4. The number of nitrogens with zero attached hydrogens (tertiary/aromatic N) is 2. The molecule has 1 fully saturated rings. The third kappa shape index (κ3) is 4.27. The molecule has 1 aromatic rings. The fourth-order valence-electron chi connectivity index (χ4n) is 2.88. The summed E-state index contributed by atoms with van der Waals surface area (Å²) < 4.78 is 12.9. The molecule has 1 aromatic carbocycles. The predicted molar refractivity (Wildman–Crippen MR) is 85.7 cm³/mol. The van der Waals surface area contributed by atoms with Crippen molar-refractivity contribution < 1.29 is 9.18 Å². The van der Waals surface area contributed by atoms with E-state index in [4.69, 9.17) is 5.73 Å². The minimum atomic E-state index is -0.260. The summed E-state index contributed by atoms with van der Waals surface area (Å²) in [7, 11) is 1.78. The monoisotopic (exact) mass is 307 g/mol. The quantitative estimate of drug-likeness (QED) is 0.923. The SMILES string of the molecule is CN(Cc1ccc(F)cc1)C(=O)CN1CCC(N)C(C)(C)C1. The zero-order chi connectivity index (χ0) is 16.3. The number of carbonyl (C=O) groups excluding carboxylic acids is 1. The van der Waals surface area contributed by atoms with Gasteiger partial charge in [0.05, 0.1) is 6.54 Å². The number of likely N-dealkylation sites (N-methyl/N-ethyl adjacent to an activating group) is 1. The summed E-state index contributed by atoms with van der Waals surface area (Å²) in [5.41, 5.74) is 7.09. The molecule has 2 rings (SSSR count). The first kappa shape index (κ1) is 16.9. The molecule has 5 heteroatoms. The maximum absolute atomic E-state index is 12.9. The van der Waals surface area contributed by atoms with Crippen molar-refractivity contribution in [2.75, 3.05) is 26.7 Å². The Morgan fingerprint density at radius 2 is 2.05 bits per heavy atom. The Hall–Kier alpha value is -1.46. The third-order valence-corrected chi connectivity index (χ3v) is 4.51. The topological polar surface area (TPSA) is 49.6 Å². The van der Waals surface area contributed by atoms with Gasteiger partial charge in [-0.25, -0.2) is 4.39 Å². The number of carbonyl (C=O) groups is 1. The Bertz CT molecular complexity index is 515. The average molecular weight is 307 g/mol. The zero-order valence-electron chi connectivity index (χ0n) is 13.7. The maximum atomic E-state index is 12.9. The van der Waals surface area contributed by atoms with E-state index >= 15 is 0 Å². The molecule has 0 aliphatic carbocycles. The molecule has 4 nitrogen and oxygen atoms in total. The highest BCUT2D eigenvalue weighted by atomic mass is 19.1. The van der Waals surface area contributed by atoms with Gasteiger partial charge in [0.2, 0.25) is 5.91 Å². The molecule has 1 atom stereocenters. The van der Waals surface area contributed by atoms with Gasteiger partial charge in [-0.15, -0.1) is 0 Å². The average Bonchev–Trinajstić information content (AvgIpc) is 2.45. The fourth-order valence-corrected chi connectivity index (χ4v) is 2.88. The number of amides is 1. The molecule has 2 N–H and O–H groups in total. The summed E-state index contributed by atoms with van der Waals surface area (Å²) in [5.74, 6) is -0.180. The Kier molecular flexibility index (Phi) is 5.19. The third-order valence-electron chi connectivity index (χ3n) is 4.51. The second-order valence-corrected chi connectivity index (χ2v) is 6.97. The summed E-state index contributed by atoms with van der Waals surface area (Å²) in [5, 5.41) is 0. The van der Waals surface area contributed by atoms with Crippen LogP contribution < -0.4 is 5.73 Å². The molecular formula is C17H26FN3O. The highest BCUT2D eigenvalue weighted by Gasteiger charge is 2.34. The number of likely N-dealkylation sites (tertiary alicyclic amines) is 1. The van der Waals surface area contributed by atoms with Crippen LogP contribution in [-0.4, -0.2) is 48.4 Å². The van der Waals surface area contributed by atoms with Crippen molar-refractivity contribution in [3.63, 3.8) is 0 Å². The van der Waals surface area contributed by atoms with Crippen molar-refractivity contribution in [2.24, 2.45) is 11.1 Å². The van der Waals surface area contributed by atoms with Crippen LogP contribution in [0.5, 0.6) is 0 Å². The highest BCUT2D eigenvalue weighted by molar-refractivity contribution is 5.78. The van der Waals surface area contributed by atoms with Gasteiger partial charge in [-0.1, -0.05) is 26.0 Å². The Labute approximate surface area is 132 Å². The molecule has 0 saturated carbocycles. The Balaban J connectivity index is 1.87. The lowest BCUT2D eigenvalue weighted by Gasteiger charge is -2.42. The van der Waals surface area contributed by atoms with Crippen LogP contribution >= 0.6 is 0 Å². The number of nitrogens with two attached hydrogens (primary N) is 1. The van der Waals surface area contributed by atoms with E-state index in [0.29, 0.717) is 13.1 Å². The van der Waals surface area contributed by atoms with Gasteiger partial charge < -0.3 is 10.6 Å². The van der Waals surface area contributed by atoms with Crippen LogP contribution in [0.15, 0.2) is 24.3 Å². The maximum Gasteiger partial charge on any atom is 0.236 e. The first-order valence-corrected chi connectivity index (χ1v) is 7.74. The second-order valence-electron chi connectivity index (χ2n) is 6.97. The van der Waals surface area contributed by atoms with Gasteiger partial charge >= 0.3 is 0 Å². The van der Waals surface area contributed by atoms with Crippen LogP contribution in [-0.2, 0) is 11.3 Å². The molecule has 0 aromatic heterocycles. The lowest BCUT2D eigenvalue weighted by Crippen LogP contribution is -2.54. The molecule has 1 saturated heterocycles. The smallest absolute Gasteiger partial charge is 0.236 e. The largest absolute Gasteiger partial charge is 0.340 e. The van der Waals surface area contributed by atoms with Gasteiger partial charge in [-0.05, 0) is 29.5 Å². The van der Waals surface area contributed by atoms with Crippen LogP contribution in [0.2, 0.25) is 0 Å². The summed E-state index contributed by atoms with van der Waals surface area (Å²) >= 11 is 0. The molecule has 0 radical (unpaired) electrons. The molecule has 0 bridgehead atoms. The second kappa shape index (κ2) is 6.75. The number of hydrogen-bond acceptors (Lipinski definition) is 3. The standard InChI is InChI=1S/C17H26FN3O/c1-17(2)12-21(9-8-15(17)19)11-16(22)20(3)10-13-4-6-14(18)7-5-13/h4-7,15H,8-12,19H2,1-3H3. The van der Waals surface area contributed by atoms with E-state index in [2.05, 4.69) is 18.7 Å². The minimum absolute atomic E-state index is 0.0358. The fraction of sp³-hybridized carbons (Fsp3) is 0.588. The molecule has 1 aliphatic rings. The lowest BCUT2D eigenvalue weighted by molar-refractivity contribution is -0.132. The molecule has 0 spiro atoms. The van der Waals surface area contributed by atoms with Crippen molar-refractivity contribution in [2.45, 2.75) is 32.9 Å². The number of benzene rings is 1. The van der Waals surface area contributed by atoms with Crippen LogP contribution in [0.4, 0.5) is 4.39 Å². The zero-order valence-corrected chi connectivity index (χ0v) is 13.7. The van der Waals surface area contributed by atoms with Crippen molar-refractivity contribution in [1.29, 1.82) is 0 Å². The van der Waals surface area contributed by atoms with Crippen LogP contribution in [0.3, 0.4) is 0 Å². The molecular weight excluding hydrogens is 281 g/mol. The van der Waals surface area contributed by atoms with Crippen LogP contribution in [0, 0.1) is 11.2 Å². The van der Waals surface area contributed by atoms with Crippen LogP contribution in [0.25, 0.3) is 0 Å². The number of halogens is 1. The van der Waals surface area contributed by atoms with E-state index in [-0.39, 0.29) is 23.2 Å². The summed E-state index contributed by atoms with van der Waals surface area (Å²) in [6.45, 7) is 6.90. The molecule has 1 aliphatic heterocycles. The summed E-state index contributed by atoms with van der Waals surface area (Å²) in [4.78, 5) is 16.2. The molecule has 1 unspecified atom stereocenters. The first-order valence-electron chi connectivity index (χ1n) is 7.74. The van der Waals surface area contributed by atoms with E-state index in [1.165, 1.54) is 12.1 Å². The first-order chi connectivity index (χ1) is 10.3. The number of piperidine rings is 1. The van der Waals surface area contributed by atoms with Gasteiger partial charge in [0, 0.05) is 32.7 Å². The van der Waals surface area contributed by atoms with Gasteiger partial charge in [0.1, 0.15) is 5.82 Å². The Morgan fingerprint density at radius 1 is 1.41 bits per heavy atom. The van der Waals surface area contributed by atoms with Gasteiger partial charge in [-0.3, -0.25) is 9.69 Å². The molecule has 1 heterocycles. The summed E-state index contributed by atoms with van der Waals surface area (Å²) in [6.07, 6.45) is 0.919. The van der Waals surface area contributed by atoms with Crippen molar-refractivity contribution in [3.8, 4) is 0 Å². The highest BCUT2D eigenvalue weighted by Crippen LogP contribution is 2.27. The predicted octanol–water partition coefficient (Wildman–Crippen LogP) is 1.84. The van der Waals surface area contributed by atoms with Crippen molar-refractivity contribution in [3.05, 3.63) is 35.6 Å². The van der Waals surface area contributed by atoms with E-state index in [1.54, 1.807) is 24.1 Å². The van der Waals surface area contributed by atoms with E-state index < -0.39 is 0 Å². The minimum Gasteiger partial charge on any atom is -0.340 e. The number of hydrogen-bond donors (Lipinski definition) is 1. The summed E-state index contributed by atoms with van der Waals surface area (Å²) in [6, 6.07) is 6.45. The Morgan fingerprint density at radius 3 is 2.64 bits per heavy atom. The van der Waals surface area contributed by atoms with Crippen molar-refractivity contribution in [1.82, 2.24) is 9.80 Å². The van der Waals surface area contributed by atoms with E-state index in [1.807, 2.05) is 0 Å². The lowest BCUT2D eigenvalue weighted by atomic mass is 9.80. The molecule has 1 amide bonds.